The number of nitrogens with one attached hydrogen (secondary N) is 2. The quantitative estimate of drug-likeness (QED) is 0.734. The van der Waals surface area contributed by atoms with Gasteiger partial charge in [-0.25, -0.2) is 4.68 Å². The molecule has 3 N–H and O–H groups in total. The van der Waals surface area contributed by atoms with Crippen molar-refractivity contribution in [3.05, 3.63) is 21.0 Å². The minimum atomic E-state index is -0.226. The molecule has 1 aromatic heterocycles. The number of aliphatic hydroxyl groups is 1. The normalized spacial score (nSPS) is 19.4. The monoisotopic (exact) mass is 330 g/mol. The van der Waals surface area contributed by atoms with Crippen molar-refractivity contribution in [3.63, 3.8) is 0 Å². The van der Waals surface area contributed by atoms with Gasteiger partial charge in [-0.3, -0.25) is 4.79 Å². The number of aliphatic hydroxyl groups excluding tert-OH is 1. The molecule has 1 aliphatic heterocycles. The highest BCUT2D eigenvalue weighted by Gasteiger charge is 2.14. The SMILES string of the molecule is O=c1c(Br)c(NCC2CCCCN2)cnn1CCO. The number of halogens is 1. The maximum absolute atomic E-state index is 11.9. The van der Waals surface area contributed by atoms with Gasteiger partial charge in [-0.1, -0.05) is 6.42 Å². The first-order chi connectivity index (χ1) is 9.22. The van der Waals surface area contributed by atoms with Gasteiger partial charge in [0.05, 0.1) is 25.0 Å². The van der Waals surface area contributed by atoms with Crippen LogP contribution in [-0.2, 0) is 6.54 Å². The minimum Gasteiger partial charge on any atom is -0.394 e. The van der Waals surface area contributed by atoms with Gasteiger partial charge in [0.15, 0.2) is 0 Å². The fraction of sp³-hybridized carbons (Fsp3) is 0.667. The second-order valence-corrected chi connectivity index (χ2v) is 5.44. The highest BCUT2D eigenvalue weighted by molar-refractivity contribution is 9.10. The van der Waals surface area contributed by atoms with Crippen LogP contribution in [0.1, 0.15) is 19.3 Å². The summed E-state index contributed by atoms with van der Waals surface area (Å²) in [5.41, 5.74) is 0.474. The van der Waals surface area contributed by atoms with Gasteiger partial charge in [-0.05, 0) is 35.3 Å². The Morgan fingerprint density at radius 3 is 3.11 bits per heavy atom. The Hall–Kier alpha value is -0.920. The lowest BCUT2D eigenvalue weighted by molar-refractivity contribution is 0.266. The molecule has 7 heteroatoms. The Kier molecular flexibility index (Phi) is 5.35. The number of nitrogens with zero attached hydrogens (tertiary/aromatic N) is 2. The summed E-state index contributed by atoms with van der Waals surface area (Å²) >= 11 is 3.29. The molecule has 0 aliphatic carbocycles. The molecule has 19 heavy (non-hydrogen) atoms. The van der Waals surface area contributed by atoms with Crippen LogP contribution in [-0.4, -0.2) is 40.6 Å². The molecule has 1 unspecified atom stereocenters. The van der Waals surface area contributed by atoms with Gasteiger partial charge >= 0.3 is 0 Å². The van der Waals surface area contributed by atoms with Crippen LogP contribution in [0.4, 0.5) is 5.69 Å². The van der Waals surface area contributed by atoms with Crippen molar-refractivity contribution in [3.8, 4) is 0 Å². The zero-order chi connectivity index (χ0) is 13.7. The molecule has 0 spiro atoms. The molecule has 1 saturated heterocycles. The molecule has 0 amide bonds. The molecule has 106 valence electrons. The summed E-state index contributed by atoms with van der Waals surface area (Å²) in [7, 11) is 0. The number of hydrogen-bond acceptors (Lipinski definition) is 5. The zero-order valence-corrected chi connectivity index (χ0v) is 12.3. The molecular formula is C12H19BrN4O2. The molecular weight excluding hydrogens is 312 g/mol. The summed E-state index contributed by atoms with van der Waals surface area (Å²) < 4.78 is 1.71. The van der Waals surface area contributed by atoms with Gasteiger partial charge < -0.3 is 15.7 Å². The first-order valence-corrected chi connectivity index (χ1v) is 7.35. The van der Waals surface area contributed by atoms with Crippen LogP contribution in [0.15, 0.2) is 15.5 Å². The Labute approximate surface area is 120 Å². The van der Waals surface area contributed by atoms with E-state index in [9.17, 15) is 4.79 Å². The van der Waals surface area contributed by atoms with Gasteiger partial charge in [0.1, 0.15) is 4.47 Å². The van der Waals surface area contributed by atoms with Crippen LogP contribution < -0.4 is 16.2 Å². The second-order valence-electron chi connectivity index (χ2n) is 4.65. The third-order valence-corrected chi connectivity index (χ3v) is 4.01. The van der Waals surface area contributed by atoms with E-state index in [0.717, 1.165) is 19.5 Å². The molecule has 1 atom stereocenters. The summed E-state index contributed by atoms with van der Waals surface area (Å²) in [4.78, 5) is 11.9. The lowest BCUT2D eigenvalue weighted by atomic mass is 10.1. The van der Waals surface area contributed by atoms with Gasteiger partial charge in [0.25, 0.3) is 5.56 Å². The Balaban J connectivity index is 2.00. The highest BCUT2D eigenvalue weighted by atomic mass is 79.9. The average molecular weight is 331 g/mol. The number of rotatable bonds is 5. The number of hydrogen-bond donors (Lipinski definition) is 3. The number of piperidine rings is 1. The zero-order valence-electron chi connectivity index (χ0n) is 10.7. The van der Waals surface area contributed by atoms with Crippen LogP contribution >= 0.6 is 15.9 Å². The third kappa shape index (κ3) is 3.77. The molecule has 6 nitrogen and oxygen atoms in total. The van der Waals surface area contributed by atoms with Crippen molar-refractivity contribution in [2.24, 2.45) is 0 Å². The number of anilines is 1. The molecule has 0 bridgehead atoms. The van der Waals surface area contributed by atoms with E-state index in [4.69, 9.17) is 5.11 Å². The first kappa shape index (κ1) is 14.5. The Bertz CT molecular complexity index is 471. The lowest BCUT2D eigenvalue weighted by Gasteiger charge is -2.24. The van der Waals surface area contributed by atoms with E-state index in [0.29, 0.717) is 16.2 Å². The smallest absolute Gasteiger partial charge is 0.283 e. The standard InChI is InChI=1S/C12H19BrN4O2/c13-11-10(8-16-17(5-6-18)12(11)19)15-7-9-3-1-2-4-14-9/h8-9,14-15,18H,1-7H2. The topological polar surface area (TPSA) is 79.2 Å². The van der Waals surface area contributed by atoms with Crippen molar-refractivity contribution in [2.45, 2.75) is 31.8 Å². The molecule has 0 radical (unpaired) electrons. The first-order valence-electron chi connectivity index (χ1n) is 6.56. The Morgan fingerprint density at radius 1 is 1.58 bits per heavy atom. The number of aromatic nitrogens is 2. The highest BCUT2D eigenvalue weighted by Crippen LogP contribution is 2.17. The summed E-state index contributed by atoms with van der Waals surface area (Å²) in [5.74, 6) is 0. The van der Waals surface area contributed by atoms with Gasteiger partial charge in [0, 0.05) is 12.6 Å². The van der Waals surface area contributed by atoms with Crippen molar-refractivity contribution in [1.29, 1.82) is 0 Å². The molecule has 1 fully saturated rings. The van der Waals surface area contributed by atoms with Crippen LogP contribution in [0, 0.1) is 0 Å². The van der Waals surface area contributed by atoms with E-state index in [1.807, 2.05) is 0 Å². The predicted molar refractivity (Wildman–Crippen MR) is 77.4 cm³/mol. The molecule has 0 saturated carbocycles. The maximum Gasteiger partial charge on any atom is 0.283 e. The van der Waals surface area contributed by atoms with E-state index in [1.54, 1.807) is 6.20 Å². The fourth-order valence-electron chi connectivity index (χ4n) is 2.17. The van der Waals surface area contributed by atoms with Crippen molar-refractivity contribution in [2.75, 3.05) is 25.0 Å². The summed E-state index contributed by atoms with van der Waals surface area (Å²) in [6.45, 7) is 1.95. The van der Waals surface area contributed by atoms with E-state index >= 15 is 0 Å². The minimum absolute atomic E-state index is 0.0991. The molecule has 1 aromatic rings. The van der Waals surface area contributed by atoms with E-state index in [2.05, 4.69) is 31.7 Å². The maximum atomic E-state index is 11.9. The molecule has 2 heterocycles. The van der Waals surface area contributed by atoms with E-state index in [-0.39, 0.29) is 18.7 Å². The lowest BCUT2D eigenvalue weighted by Crippen LogP contribution is -2.39. The fourth-order valence-corrected chi connectivity index (χ4v) is 2.62. The van der Waals surface area contributed by atoms with Crippen LogP contribution in [0.2, 0.25) is 0 Å². The summed E-state index contributed by atoms with van der Waals surface area (Å²) in [6, 6.07) is 0.445. The molecule has 0 aromatic carbocycles. The van der Waals surface area contributed by atoms with E-state index < -0.39 is 0 Å². The Morgan fingerprint density at radius 2 is 2.42 bits per heavy atom. The predicted octanol–water partition coefficient (Wildman–Crippen LogP) is 0.552. The second kappa shape index (κ2) is 7.02. The van der Waals surface area contributed by atoms with Crippen molar-refractivity contribution >= 4 is 21.6 Å². The summed E-state index contributed by atoms with van der Waals surface area (Å²) in [5, 5.41) is 19.5. The van der Waals surface area contributed by atoms with Gasteiger partial charge in [-0.15, -0.1) is 0 Å². The van der Waals surface area contributed by atoms with Gasteiger partial charge in [-0.2, -0.15) is 5.10 Å². The van der Waals surface area contributed by atoms with E-state index in [1.165, 1.54) is 17.5 Å². The van der Waals surface area contributed by atoms with Crippen molar-refractivity contribution < 1.29 is 5.11 Å². The summed E-state index contributed by atoms with van der Waals surface area (Å²) in [6.07, 6.45) is 5.25. The molecule has 1 aliphatic rings. The average Bonchev–Trinajstić information content (AvgIpc) is 2.44. The van der Waals surface area contributed by atoms with Crippen LogP contribution in [0.3, 0.4) is 0 Å². The van der Waals surface area contributed by atoms with Gasteiger partial charge in [0.2, 0.25) is 0 Å². The van der Waals surface area contributed by atoms with Crippen molar-refractivity contribution in [1.82, 2.24) is 15.1 Å². The van der Waals surface area contributed by atoms with Crippen LogP contribution in [0.25, 0.3) is 0 Å². The molecule has 2 rings (SSSR count). The third-order valence-electron chi connectivity index (χ3n) is 3.25. The largest absolute Gasteiger partial charge is 0.394 e. The van der Waals surface area contributed by atoms with Crippen LogP contribution in [0.5, 0.6) is 0 Å².